The van der Waals surface area contributed by atoms with Crippen LogP contribution in [0.1, 0.15) is 49.1 Å². The molecule has 134 valence electrons. The first-order valence-electron chi connectivity index (χ1n) is 6.94. The molecule has 0 aliphatic heterocycles. The number of aryl methyl sites for hydroxylation is 1. The number of carboxylic acids is 1. The minimum absolute atomic E-state index is 0.00248. The van der Waals surface area contributed by atoms with E-state index in [4.69, 9.17) is 5.11 Å². The third-order valence-corrected chi connectivity index (χ3v) is 3.08. The maximum atomic E-state index is 12.4. The van der Waals surface area contributed by atoms with Gasteiger partial charge in [-0.1, -0.05) is 20.8 Å². The van der Waals surface area contributed by atoms with Crippen LogP contribution in [0.25, 0.3) is 0 Å². The van der Waals surface area contributed by atoms with Gasteiger partial charge in [0, 0.05) is 5.41 Å². The van der Waals surface area contributed by atoms with E-state index in [2.05, 4.69) is 9.97 Å². The van der Waals surface area contributed by atoms with Crippen LogP contribution in [0, 0.1) is 6.92 Å². The Kier molecular flexibility index (Phi) is 5.42. The zero-order valence-corrected chi connectivity index (χ0v) is 13.5. The van der Waals surface area contributed by atoms with Gasteiger partial charge in [0.2, 0.25) is 0 Å². The number of hydrogen-bond acceptors (Lipinski definition) is 4. The second-order valence-electron chi connectivity index (χ2n) is 6.31. The van der Waals surface area contributed by atoms with Gasteiger partial charge in [0.05, 0.1) is 12.1 Å². The van der Waals surface area contributed by atoms with Crippen molar-refractivity contribution in [1.29, 1.82) is 0 Å². The maximum absolute atomic E-state index is 12.4. The molecule has 3 N–H and O–H groups in total. The summed E-state index contributed by atoms with van der Waals surface area (Å²) in [5.74, 6) is -2.78. The molecule has 0 saturated carbocycles. The molecule has 24 heavy (non-hydrogen) atoms. The molecule has 7 nitrogen and oxygen atoms in total. The number of alkyl halides is 3. The third kappa shape index (κ3) is 5.07. The number of H-pyrrole nitrogens is 1. The SMILES string of the molecule is Cc1nc(C(C)(C)C)[nH]c(=O)c1C(=O)NC(CC(F)(F)F)C(=O)O. The van der Waals surface area contributed by atoms with Crippen LogP contribution in [0.15, 0.2) is 4.79 Å². The molecule has 0 spiro atoms. The number of carbonyl (C=O) groups excluding carboxylic acids is 1. The van der Waals surface area contributed by atoms with Gasteiger partial charge in [-0.25, -0.2) is 9.78 Å². The first-order chi connectivity index (χ1) is 10.7. The molecule has 0 fully saturated rings. The summed E-state index contributed by atoms with van der Waals surface area (Å²) in [4.78, 5) is 41.4. The fourth-order valence-corrected chi connectivity index (χ4v) is 1.87. The Morgan fingerprint density at radius 1 is 1.29 bits per heavy atom. The predicted molar refractivity (Wildman–Crippen MR) is 77.9 cm³/mol. The average molecular weight is 349 g/mol. The zero-order valence-electron chi connectivity index (χ0n) is 13.5. The number of aromatic amines is 1. The molecule has 1 aromatic heterocycles. The second-order valence-corrected chi connectivity index (χ2v) is 6.31. The van der Waals surface area contributed by atoms with Gasteiger partial charge >= 0.3 is 12.1 Å². The number of rotatable bonds is 4. The topological polar surface area (TPSA) is 112 Å². The Balaban J connectivity index is 3.16. The third-order valence-electron chi connectivity index (χ3n) is 3.08. The molecule has 1 heterocycles. The van der Waals surface area contributed by atoms with Crippen LogP contribution in [-0.2, 0) is 10.2 Å². The van der Waals surface area contributed by atoms with Gasteiger partial charge in [-0.3, -0.25) is 9.59 Å². The second kappa shape index (κ2) is 6.62. The molecule has 10 heteroatoms. The van der Waals surface area contributed by atoms with Gasteiger partial charge in [0.25, 0.3) is 11.5 Å². The van der Waals surface area contributed by atoms with Crippen LogP contribution < -0.4 is 10.9 Å². The molecule has 0 aliphatic rings. The average Bonchev–Trinajstić information content (AvgIpc) is 2.34. The lowest BCUT2D eigenvalue weighted by atomic mass is 9.95. The van der Waals surface area contributed by atoms with Crippen molar-refractivity contribution in [1.82, 2.24) is 15.3 Å². The fourth-order valence-electron chi connectivity index (χ4n) is 1.87. The van der Waals surface area contributed by atoms with Gasteiger partial charge < -0.3 is 15.4 Å². The number of aromatic nitrogens is 2. The summed E-state index contributed by atoms with van der Waals surface area (Å²) in [7, 11) is 0. The molecule has 0 radical (unpaired) electrons. The van der Waals surface area contributed by atoms with Crippen LogP contribution in [-0.4, -0.2) is 39.2 Å². The van der Waals surface area contributed by atoms with Crippen molar-refractivity contribution < 1.29 is 27.9 Å². The molecule has 1 aromatic rings. The van der Waals surface area contributed by atoms with E-state index in [-0.39, 0.29) is 5.69 Å². The Bertz CT molecular complexity index is 705. The van der Waals surface area contributed by atoms with Crippen LogP contribution in [0.4, 0.5) is 13.2 Å². The van der Waals surface area contributed by atoms with E-state index in [1.807, 2.05) is 0 Å². The summed E-state index contributed by atoms with van der Waals surface area (Å²) in [6.07, 6.45) is -6.54. The van der Waals surface area contributed by atoms with E-state index in [1.165, 1.54) is 6.92 Å². The molecule has 0 saturated heterocycles. The number of carbonyl (C=O) groups is 2. The van der Waals surface area contributed by atoms with Crippen molar-refractivity contribution in [2.45, 2.75) is 51.7 Å². The van der Waals surface area contributed by atoms with Crippen LogP contribution in [0.2, 0.25) is 0 Å². The van der Waals surface area contributed by atoms with Crippen molar-refractivity contribution in [2.24, 2.45) is 0 Å². The molecule has 0 bridgehead atoms. The smallest absolute Gasteiger partial charge is 0.391 e. The van der Waals surface area contributed by atoms with Gasteiger partial charge in [-0.15, -0.1) is 0 Å². The van der Waals surface area contributed by atoms with Crippen LogP contribution in [0.5, 0.6) is 0 Å². The number of hydrogen-bond donors (Lipinski definition) is 3. The highest BCUT2D eigenvalue weighted by Crippen LogP contribution is 2.22. The Morgan fingerprint density at radius 2 is 1.83 bits per heavy atom. The van der Waals surface area contributed by atoms with Gasteiger partial charge in [0.1, 0.15) is 17.4 Å². The minimum Gasteiger partial charge on any atom is -0.480 e. The number of nitrogens with zero attached hydrogens (tertiary/aromatic N) is 1. The minimum atomic E-state index is -4.79. The van der Waals surface area contributed by atoms with Crippen molar-refractivity contribution in [3.05, 3.63) is 27.4 Å². The first-order valence-corrected chi connectivity index (χ1v) is 6.94. The number of aliphatic carboxylic acids is 1. The van der Waals surface area contributed by atoms with E-state index < -0.39 is 47.1 Å². The zero-order chi connectivity index (χ0) is 18.9. The van der Waals surface area contributed by atoms with Gasteiger partial charge in [0.15, 0.2) is 0 Å². The summed E-state index contributed by atoms with van der Waals surface area (Å²) < 4.78 is 37.1. The number of amides is 1. The fraction of sp³-hybridized carbons (Fsp3) is 0.571. The summed E-state index contributed by atoms with van der Waals surface area (Å²) in [5.41, 5.74) is -1.88. The lowest BCUT2D eigenvalue weighted by Gasteiger charge is -2.19. The Labute approximate surface area is 135 Å². The van der Waals surface area contributed by atoms with Crippen molar-refractivity contribution in [3.8, 4) is 0 Å². The summed E-state index contributed by atoms with van der Waals surface area (Å²) in [6.45, 7) is 6.66. The molecule has 1 atom stereocenters. The van der Waals surface area contributed by atoms with Crippen molar-refractivity contribution in [3.63, 3.8) is 0 Å². The van der Waals surface area contributed by atoms with Crippen molar-refractivity contribution in [2.75, 3.05) is 0 Å². The van der Waals surface area contributed by atoms with E-state index in [9.17, 15) is 27.6 Å². The maximum Gasteiger partial charge on any atom is 0.391 e. The molecule has 1 unspecified atom stereocenters. The summed E-state index contributed by atoms with van der Waals surface area (Å²) >= 11 is 0. The Morgan fingerprint density at radius 3 is 2.21 bits per heavy atom. The molecule has 0 aromatic carbocycles. The summed E-state index contributed by atoms with van der Waals surface area (Å²) in [5, 5.41) is 10.5. The lowest BCUT2D eigenvalue weighted by Crippen LogP contribution is -2.45. The molecular weight excluding hydrogens is 331 g/mol. The highest BCUT2D eigenvalue weighted by atomic mass is 19.4. The van der Waals surface area contributed by atoms with Crippen LogP contribution >= 0.6 is 0 Å². The van der Waals surface area contributed by atoms with E-state index >= 15 is 0 Å². The molecule has 0 aliphatic carbocycles. The van der Waals surface area contributed by atoms with Gasteiger partial charge in [-0.05, 0) is 6.92 Å². The van der Waals surface area contributed by atoms with E-state index in [1.54, 1.807) is 26.1 Å². The molecular formula is C14H18F3N3O4. The Hall–Kier alpha value is -2.39. The normalized spacial score (nSPS) is 13.5. The standard InChI is InChI=1S/C14H18F3N3O4/c1-6-8(10(22)20-12(18-6)13(2,3)4)9(21)19-7(11(23)24)5-14(15,16)17/h7H,5H2,1-4H3,(H,19,21)(H,23,24)(H,18,20,22). The van der Waals surface area contributed by atoms with E-state index in [0.29, 0.717) is 5.82 Å². The number of nitrogens with one attached hydrogen (secondary N) is 2. The highest BCUT2D eigenvalue weighted by Gasteiger charge is 2.37. The summed E-state index contributed by atoms with van der Waals surface area (Å²) in [6, 6.07) is -2.20. The van der Waals surface area contributed by atoms with Gasteiger partial charge in [-0.2, -0.15) is 13.2 Å². The van der Waals surface area contributed by atoms with E-state index in [0.717, 1.165) is 0 Å². The predicted octanol–water partition coefficient (Wildman–Crippen LogP) is 1.51. The number of halogens is 3. The largest absolute Gasteiger partial charge is 0.480 e. The first kappa shape index (κ1) is 19.7. The highest BCUT2D eigenvalue weighted by molar-refractivity contribution is 5.97. The van der Waals surface area contributed by atoms with Crippen molar-refractivity contribution >= 4 is 11.9 Å². The molecule has 1 amide bonds. The number of carboxylic acid groups (broad SMARTS) is 1. The quantitative estimate of drug-likeness (QED) is 0.763. The molecule has 1 rings (SSSR count). The monoisotopic (exact) mass is 349 g/mol. The van der Waals surface area contributed by atoms with Crippen LogP contribution in [0.3, 0.4) is 0 Å². The lowest BCUT2D eigenvalue weighted by molar-refractivity contribution is -0.157.